The number of hydrogen-bond acceptors (Lipinski definition) is 3. The molecule has 0 radical (unpaired) electrons. The molecule has 6 heteroatoms. The molecule has 1 amide bonds. The van der Waals surface area contributed by atoms with Crippen molar-refractivity contribution in [2.24, 2.45) is 5.73 Å². The minimum Gasteiger partial charge on any atom is -0.345 e. The summed E-state index contributed by atoms with van der Waals surface area (Å²) >= 11 is 0. The number of hydrogen-bond donors (Lipinski definition) is 1. The molecule has 0 aromatic carbocycles. The van der Waals surface area contributed by atoms with Crippen molar-refractivity contribution >= 4 is 30.7 Å². The number of rotatable bonds is 4. The van der Waals surface area contributed by atoms with Gasteiger partial charge in [0.05, 0.1) is 6.54 Å². The van der Waals surface area contributed by atoms with E-state index in [2.05, 4.69) is 11.9 Å². The first-order chi connectivity index (χ1) is 7.15. The van der Waals surface area contributed by atoms with Gasteiger partial charge in [-0.05, 0) is 32.9 Å². The van der Waals surface area contributed by atoms with E-state index in [4.69, 9.17) is 5.73 Å². The van der Waals surface area contributed by atoms with Crippen molar-refractivity contribution in [1.82, 2.24) is 9.80 Å². The predicted molar refractivity (Wildman–Crippen MR) is 76.1 cm³/mol. The number of likely N-dealkylation sites (tertiary alicyclic amines) is 1. The third kappa shape index (κ3) is 6.46. The van der Waals surface area contributed by atoms with E-state index >= 15 is 0 Å². The molecule has 0 spiro atoms. The molecule has 0 aromatic rings. The van der Waals surface area contributed by atoms with Gasteiger partial charge in [-0.2, -0.15) is 0 Å². The molecule has 0 aromatic heterocycles. The van der Waals surface area contributed by atoms with Crippen LogP contribution in [0.1, 0.15) is 25.7 Å². The lowest BCUT2D eigenvalue weighted by atomic mass is 10.00. The Balaban J connectivity index is 0. The van der Waals surface area contributed by atoms with Crippen LogP contribution < -0.4 is 5.73 Å². The van der Waals surface area contributed by atoms with Crippen molar-refractivity contribution in [2.45, 2.75) is 31.7 Å². The van der Waals surface area contributed by atoms with E-state index in [0.717, 1.165) is 13.0 Å². The van der Waals surface area contributed by atoms with Gasteiger partial charge < -0.3 is 15.5 Å². The molecule has 0 aliphatic carbocycles. The minimum absolute atomic E-state index is 0. The molecule has 1 unspecified atom stereocenters. The summed E-state index contributed by atoms with van der Waals surface area (Å²) in [5.74, 6) is 0.0356. The Bertz CT molecular complexity index is 217. The molecular weight excluding hydrogens is 261 g/mol. The molecule has 1 heterocycles. The zero-order chi connectivity index (χ0) is 11.3. The van der Waals surface area contributed by atoms with Gasteiger partial charge in [0.15, 0.2) is 0 Å². The first-order valence-electron chi connectivity index (χ1n) is 5.79. The Morgan fingerprint density at radius 2 is 2.06 bits per heavy atom. The van der Waals surface area contributed by atoms with Crippen LogP contribution in [-0.2, 0) is 4.79 Å². The van der Waals surface area contributed by atoms with E-state index in [1.165, 1.54) is 25.8 Å². The summed E-state index contributed by atoms with van der Waals surface area (Å²) in [6, 6.07) is 0.645. The second-order valence-electron chi connectivity index (χ2n) is 4.44. The SMILES string of the molecule is CN(CCC1CCCCN1C)C(=O)CN.Cl.Cl. The number of amides is 1. The summed E-state index contributed by atoms with van der Waals surface area (Å²) in [4.78, 5) is 15.4. The molecule has 1 fully saturated rings. The Morgan fingerprint density at radius 3 is 2.59 bits per heavy atom. The van der Waals surface area contributed by atoms with Crippen molar-refractivity contribution < 1.29 is 4.79 Å². The van der Waals surface area contributed by atoms with E-state index in [9.17, 15) is 4.79 Å². The topological polar surface area (TPSA) is 49.6 Å². The van der Waals surface area contributed by atoms with Crippen LogP contribution in [0.2, 0.25) is 0 Å². The highest BCUT2D eigenvalue weighted by molar-refractivity contribution is 5.85. The molecule has 17 heavy (non-hydrogen) atoms. The van der Waals surface area contributed by atoms with Crippen LogP contribution in [0.3, 0.4) is 0 Å². The molecule has 2 N–H and O–H groups in total. The standard InChI is InChI=1S/C11H23N3O.2ClH/c1-13-7-4-3-5-10(13)6-8-14(2)11(15)9-12;;/h10H,3-9,12H2,1-2H3;2*1H. The van der Waals surface area contributed by atoms with Gasteiger partial charge in [0.1, 0.15) is 0 Å². The average molecular weight is 286 g/mol. The highest BCUT2D eigenvalue weighted by Crippen LogP contribution is 2.17. The summed E-state index contributed by atoms with van der Waals surface area (Å²) in [6.45, 7) is 2.14. The number of nitrogens with two attached hydrogens (primary N) is 1. The molecule has 1 aliphatic rings. The molecular formula is C11H25Cl2N3O. The lowest BCUT2D eigenvalue weighted by molar-refractivity contribution is -0.128. The first-order valence-corrected chi connectivity index (χ1v) is 5.79. The van der Waals surface area contributed by atoms with Gasteiger partial charge in [-0.15, -0.1) is 24.8 Å². The lowest BCUT2D eigenvalue weighted by Crippen LogP contribution is -2.40. The van der Waals surface area contributed by atoms with Crippen molar-refractivity contribution in [2.75, 3.05) is 33.7 Å². The van der Waals surface area contributed by atoms with Gasteiger partial charge >= 0.3 is 0 Å². The summed E-state index contributed by atoms with van der Waals surface area (Å²) in [6.07, 6.45) is 4.97. The van der Waals surface area contributed by atoms with Crippen molar-refractivity contribution in [1.29, 1.82) is 0 Å². The lowest BCUT2D eigenvalue weighted by Gasteiger charge is -2.33. The van der Waals surface area contributed by atoms with Gasteiger partial charge in [-0.1, -0.05) is 6.42 Å². The van der Waals surface area contributed by atoms with Crippen LogP contribution in [0.4, 0.5) is 0 Å². The predicted octanol–water partition coefficient (Wildman–Crippen LogP) is 1.12. The number of carbonyl (C=O) groups excluding carboxylic acids is 1. The third-order valence-corrected chi connectivity index (χ3v) is 3.32. The van der Waals surface area contributed by atoms with Crippen LogP contribution in [0.15, 0.2) is 0 Å². The number of likely N-dealkylation sites (N-methyl/N-ethyl adjacent to an activating group) is 1. The Kier molecular flexibility index (Phi) is 11.3. The largest absolute Gasteiger partial charge is 0.345 e. The molecule has 104 valence electrons. The maximum absolute atomic E-state index is 11.3. The van der Waals surface area contributed by atoms with Gasteiger partial charge in [0.2, 0.25) is 5.91 Å². The maximum Gasteiger partial charge on any atom is 0.236 e. The smallest absolute Gasteiger partial charge is 0.236 e. The highest BCUT2D eigenvalue weighted by Gasteiger charge is 2.19. The fraction of sp³-hybridized carbons (Fsp3) is 0.909. The number of carbonyl (C=O) groups is 1. The third-order valence-electron chi connectivity index (χ3n) is 3.32. The molecule has 0 saturated carbocycles. The monoisotopic (exact) mass is 285 g/mol. The average Bonchev–Trinajstić information content (AvgIpc) is 2.26. The van der Waals surface area contributed by atoms with E-state index in [1.54, 1.807) is 4.90 Å². The Labute approximate surface area is 117 Å². The second kappa shape index (κ2) is 9.95. The number of nitrogens with zero attached hydrogens (tertiary/aromatic N) is 2. The summed E-state index contributed by atoms with van der Waals surface area (Å²) < 4.78 is 0. The summed E-state index contributed by atoms with van der Waals surface area (Å²) in [5, 5.41) is 0. The number of halogens is 2. The van der Waals surface area contributed by atoms with Crippen molar-refractivity contribution in [3.63, 3.8) is 0 Å². The zero-order valence-electron chi connectivity index (χ0n) is 10.7. The Hall–Kier alpha value is -0.0300. The van der Waals surface area contributed by atoms with E-state index in [0.29, 0.717) is 6.04 Å². The van der Waals surface area contributed by atoms with Crippen molar-refractivity contribution in [3.8, 4) is 0 Å². The quantitative estimate of drug-likeness (QED) is 0.842. The maximum atomic E-state index is 11.3. The van der Waals surface area contributed by atoms with E-state index in [-0.39, 0.29) is 37.3 Å². The first kappa shape index (κ1) is 19.3. The van der Waals surface area contributed by atoms with Gasteiger partial charge in [-0.3, -0.25) is 4.79 Å². The van der Waals surface area contributed by atoms with Crippen LogP contribution in [0, 0.1) is 0 Å². The second-order valence-corrected chi connectivity index (χ2v) is 4.44. The molecule has 0 bridgehead atoms. The van der Waals surface area contributed by atoms with Crippen LogP contribution in [0.25, 0.3) is 0 Å². The van der Waals surface area contributed by atoms with Gasteiger partial charge in [-0.25, -0.2) is 0 Å². The molecule has 4 nitrogen and oxygen atoms in total. The van der Waals surface area contributed by atoms with Crippen LogP contribution in [0.5, 0.6) is 0 Å². The van der Waals surface area contributed by atoms with Crippen LogP contribution in [-0.4, -0.2) is 55.5 Å². The normalized spacial score (nSPS) is 20.1. The fourth-order valence-corrected chi connectivity index (χ4v) is 2.13. The van der Waals surface area contributed by atoms with Gasteiger partial charge in [0, 0.05) is 19.6 Å². The van der Waals surface area contributed by atoms with E-state index < -0.39 is 0 Å². The molecule has 1 rings (SSSR count). The molecule has 1 saturated heterocycles. The zero-order valence-corrected chi connectivity index (χ0v) is 12.4. The highest BCUT2D eigenvalue weighted by atomic mass is 35.5. The van der Waals surface area contributed by atoms with Crippen LogP contribution >= 0.6 is 24.8 Å². The van der Waals surface area contributed by atoms with E-state index in [1.807, 2.05) is 7.05 Å². The van der Waals surface area contributed by atoms with Crippen molar-refractivity contribution in [3.05, 3.63) is 0 Å². The fourth-order valence-electron chi connectivity index (χ4n) is 2.13. The minimum atomic E-state index is 0. The molecule has 1 atom stereocenters. The summed E-state index contributed by atoms with van der Waals surface area (Å²) in [7, 11) is 4.01. The van der Waals surface area contributed by atoms with Gasteiger partial charge in [0.25, 0.3) is 0 Å². The molecule has 1 aliphatic heterocycles. The Morgan fingerprint density at radius 1 is 1.41 bits per heavy atom. The summed E-state index contributed by atoms with van der Waals surface area (Å²) in [5.41, 5.74) is 5.31. The number of piperidine rings is 1.